The van der Waals surface area contributed by atoms with Crippen molar-refractivity contribution in [2.24, 2.45) is 0 Å². The molecule has 0 radical (unpaired) electrons. The first-order valence-corrected chi connectivity index (χ1v) is 9.48. The van der Waals surface area contributed by atoms with E-state index < -0.39 is 23.5 Å². The van der Waals surface area contributed by atoms with E-state index >= 15 is 0 Å². The lowest BCUT2D eigenvalue weighted by atomic mass is 9.95. The highest BCUT2D eigenvalue weighted by Gasteiger charge is 2.32. The van der Waals surface area contributed by atoms with Crippen molar-refractivity contribution in [2.75, 3.05) is 0 Å². The van der Waals surface area contributed by atoms with Gasteiger partial charge in [0, 0.05) is 12.2 Å². The van der Waals surface area contributed by atoms with E-state index in [1.807, 2.05) is 0 Å². The predicted octanol–water partition coefficient (Wildman–Crippen LogP) is 2.74. The molecule has 3 aliphatic carbocycles. The molecular weight excluding hydrogens is 336 g/mol. The summed E-state index contributed by atoms with van der Waals surface area (Å²) < 4.78 is 10.7. The average molecular weight is 360 g/mol. The van der Waals surface area contributed by atoms with Gasteiger partial charge in [0.25, 0.3) is 0 Å². The van der Waals surface area contributed by atoms with E-state index in [2.05, 4.69) is 0 Å². The third-order valence-electron chi connectivity index (χ3n) is 5.17. The minimum Gasteiger partial charge on any atom is -0.459 e. The van der Waals surface area contributed by atoms with E-state index in [4.69, 9.17) is 9.47 Å². The van der Waals surface area contributed by atoms with Crippen LogP contribution in [0.5, 0.6) is 0 Å². The molecule has 0 N–H and O–H groups in total. The van der Waals surface area contributed by atoms with Crippen LogP contribution in [0, 0.1) is 0 Å². The minimum atomic E-state index is -0.786. The number of rotatable bonds is 4. The van der Waals surface area contributed by atoms with Crippen LogP contribution in [0.1, 0.15) is 64.2 Å². The Labute approximate surface area is 152 Å². The Balaban J connectivity index is 1.61. The second-order valence-electron chi connectivity index (χ2n) is 7.18. The monoisotopic (exact) mass is 360 g/mol. The molecule has 6 heteroatoms. The fourth-order valence-electron chi connectivity index (χ4n) is 3.67. The molecule has 3 rings (SSSR count). The summed E-state index contributed by atoms with van der Waals surface area (Å²) in [6, 6.07) is 0. The van der Waals surface area contributed by atoms with Gasteiger partial charge in [0.15, 0.2) is 11.6 Å². The Morgan fingerprint density at radius 1 is 0.654 bits per heavy atom. The van der Waals surface area contributed by atoms with E-state index in [1.165, 1.54) is 0 Å². The number of ketones is 2. The number of hydrogen-bond donors (Lipinski definition) is 0. The number of allylic oxidation sites excluding steroid dienone is 2. The first-order chi connectivity index (χ1) is 12.5. The van der Waals surface area contributed by atoms with Gasteiger partial charge in [0.1, 0.15) is 23.4 Å². The summed E-state index contributed by atoms with van der Waals surface area (Å²) >= 11 is 0. The normalized spacial score (nSPS) is 22.5. The van der Waals surface area contributed by atoms with Crippen LogP contribution in [0.2, 0.25) is 0 Å². The lowest BCUT2D eigenvalue weighted by Gasteiger charge is -2.23. The van der Waals surface area contributed by atoms with Gasteiger partial charge in [-0.15, -0.1) is 0 Å². The molecule has 0 heterocycles. The third-order valence-corrected chi connectivity index (χ3v) is 5.17. The lowest BCUT2D eigenvalue weighted by molar-refractivity contribution is -0.149. The number of esters is 2. The largest absolute Gasteiger partial charge is 0.459 e. The number of carbonyl (C=O) groups excluding carboxylic acids is 4. The fraction of sp³-hybridized carbons (Fsp3) is 0.600. The molecule has 0 aliphatic heterocycles. The molecule has 0 bridgehead atoms. The Morgan fingerprint density at radius 3 is 1.35 bits per heavy atom. The summed E-state index contributed by atoms with van der Waals surface area (Å²) in [6.45, 7) is 0. The van der Waals surface area contributed by atoms with Crippen LogP contribution in [-0.2, 0) is 28.7 Å². The van der Waals surface area contributed by atoms with Gasteiger partial charge in [-0.1, -0.05) is 12.8 Å². The van der Waals surface area contributed by atoms with Crippen LogP contribution in [0.3, 0.4) is 0 Å². The van der Waals surface area contributed by atoms with E-state index in [1.54, 1.807) is 0 Å². The highest BCUT2D eigenvalue weighted by molar-refractivity contribution is 6.36. The van der Waals surface area contributed by atoms with Gasteiger partial charge in [-0.3, -0.25) is 9.59 Å². The van der Waals surface area contributed by atoms with Crippen molar-refractivity contribution in [3.8, 4) is 0 Å². The summed E-state index contributed by atoms with van der Waals surface area (Å²) in [5.41, 5.74) is -0.621. The van der Waals surface area contributed by atoms with Gasteiger partial charge in [-0.2, -0.15) is 0 Å². The van der Waals surface area contributed by atoms with Crippen molar-refractivity contribution in [1.29, 1.82) is 0 Å². The molecule has 6 nitrogen and oxygen atoms in total. The number of carbonyl (C=O) groups is 4. The van der Waals surface area contributed by atoms with Gasteiger partial charge < -0.3 is 9.47 Å². The molecular formula is C20H24O6. The highest BCUT2D eigenvalue weighted by Crippen LogP contribution is 2.24. The Kier molecular flexibility index (Phi) is 6.01. The molecule has 0 saturated heterocycles. The molecule has 0 aromatic carbocycles. The number of ether oxygens (including phenoxy) is 2. The predicted molar refractivity (Wildman–Crippen MR) is 92.1 cm³/mol. The average Bonchev–Trinajstić information content (AvgIpc) is 2.64. The first kappa shape index (κ1) is 18.5. The highest BCUT2D eigenvalue weighted by atomic mass is 16.5. The minimum absolute atomic E-state index is 0.207. The van der Waals surface area contributed by atoms with Crippen LogP contribution >= 0.6 is 0 Å². The maximum absolute atomic E-state index is 12.2. The standard InChI is InChI=1S/C20H24O6/c21-17-12-16(20(24)26-14-9-5-2-6-10-14)18(22)11-15(17)19(23)25-13-7-3-1-4-8-13/h11-14H,1-10H2. The maximum Gasteiger partial charge on any atom is 0.342 e. The lowest BCUT2D eigenvalue weighted by Crippen LogP contribution is -2.29. The summed E-state index contributed by atoms with van der Waals surface area (Å²) in [5, 5.41) is 0. The molecule has 0 amide bonds. The Hall–Kier alpha value is -2.24. The second-order valence-corrected chi connectivity index (χ2v) is 7.18. The van der Waals surface area contributed by atoms with Crippen molar-refractivity contribution in [3.05, 3.63) is 23.3 Å². The third kappa shape index (κ3) is 4.48. The van der Waals surface area contributed by atoms with Gasteiger partial charge in [0.05, 0.1) is 0 Å². The van der Waals surface area contributed by atoms with Crippen molar-refractivity contribution < 1.29 is 28.7 Å². The van der Waals surface area contributed by atoms with E-state index in [0.717, 1.165) is 76.4 Å². The molecule has 0 unspecified atom stereocenters. The molecule has 2 fully saturated rings. The van der Waals surface area contributed by atoms with E-state index in [9.17, 15) is 19.2 Å². The van der Waals surface area contributed by atoms with Crippen LogP contribution in [0.15, 0.2) is 23.3 Å². The molecule has 26 heavy (non-hydrogen) atoms. The fourth-order valence-corrected chi connectivity index (χ4v) is 3.67. The van der Waals surface area contributed by atoms with Gasteiger partial charge in [-0.25, -0.2) is 9.59 Å². The van der Waals surface area contributed by atoms with Crippen LogP contribution in [-0.4, -0.2) is 35.7 Å². The van der Waals surface area contributed by atoms with Crippen LogP contribution in [0.4, 0.5) is 0 Å². The van der Waals surface area contributed by atoms with Crippen molar-refractivity contribution in [2.45, 2.75) is 76.4 Å². The molecule has 3 aliphatic rings. The van der Waals surface area contributed by atoms with Gasteiger partial charge >= 0.3 is 11.9 Å². The van der Waals surface area contributed by atoms with Crippen LogP contribution in [0.25, 0.3) is 0 Å². The smallest absolute Gasteiger partial charge is 0.342 e. The quantitative estimate of drug-likeness (QED) is 0.435. The Morgan fingerprint density at radius 2 is 1.00 bits per heavy atom. The zero-order valence-electron chi connectivity index (χ0n) is 14.8. The summed E-state index contributed by atoms with van der Waals surface area (Å²) in [5.74, 6) is -2.93. The molecule has 0 aromatic heterocycles. The molecule has 0 atom stereocenters. The SMILES string of the molecule is O=C1C=C(C(=O)OC2CCCCC2)C(=O)C=C1C(=O)OC1CCCCC1. The van der Waals surface area contributed by atoms with E-state index in [-0.39, 0.29) is 23.4 Å². The summed E-state index contributed by atoms with van der Waals surface area (Å²) in [4.78, 5) is 48.9. The van der Waals surface area contributed by atoms with Gasteiger partial charge in [-0.05, 0) is 51.4 Å². The maximum atomic E-state index is 12.2. The van der Waals surface area contributed by atoms with Gasteiger partial charge in [0.2, 0.25) is 0 Å². The second kappa shape index (κ2) is 8.43. The zero-order chi connectivity index (χ0) is 18.5. The summed E-state index contributed by atoms with van der Waals surface area (Å²) in [6.07, 6.45) is 10.7. The molecule has 0 spiro atoms. The van der Waals surface area contributed by atoms with Crippen molar-refractivity contribution in [3.63, 3.8) is 0 Å². The Bertz CT molecular complexity index is 602. The molecule has 2 saturated carbocycles. The van der Waals surface area contributed by atoms with E-state index in [0.29, 0.717) is 0 Å². The van der Waals surface area contributed by atoms with Crippen molar-refractivity contribution in [1.82, 2.24) is 0 Å². The molecule has 0 aromatic rings. The van der Waals surface area contributed by atoms with Crippen LogP contribution < -0.4 is 0 Å². The topological polar surface area (TPSA) is 86.7 Å². The number of hydrogen-bond acceptors (Lipinski definition) is 6. The zero-order valence-corrected chi connectivity index (χ0v) is 14.8. The summed E-state index contributed by atoms with van der Waals surface area (Å²) in [7, 11) is 0. The first-order valence-electron chi connectivity index (χ1n) is 9.48. The molecule has 140 valence electrons. The van der Waals surface area contributed by atoms with Crippen molar-refractivity contribution >= 4 is 23.5 Å².